The van der Waals surface area contributed by atoms with Gasteiger partial charge in [-0.2, -0.15) is 5.26 Å². The highest BCUT2D eigenvalue weighted by Crippen LogP contribution is 2.50. The zero-order valence-corrected chi connectivity index (χ0v) is 11.9. The average molecular weight is 249 g/mol. The molecule has 0 saturated heterocycles. The van der Waals surface area contributed by atoms with Gasteiger partial charge in [-0.25, -0.2) is 0 Å². The molecule has 2 aliphatic carbocycles. The SMILES string of the molecule is CCC1CCC(C#N)(C(C)(O)CC2CCC2)CC1. The van der Waals surface area contributed by atoms with Gasteiger partial charge in [0.1, 0.15) is 0 Å². The number of hydrogen-bond donors (Lipinski definition) is 1. The summed E-state index contributed by atoms with van der Waals surface area (Å²) in [6, 6.07) is 2.51. The first kappa shape index (κ1) is 13.9. The van der Waals surface area contributed by atoms with Crippen LogP contribution in [0.3, 0.4) is 0 Å². The molecule has 0 aromatic carbocycles. The van der Waals surface area contributed by atoms with Gasteiger partial charge in [-0.3, -0.25) is 0 Å². The van der Waals surface area contributed by atoms with Crippen molar-refractivity contribution in [2.45, 2.75) is 77.2 Å². The Bertz CT molecular complexity index is 316. The summed E-state index contributed by atoms with van der Waals surface area (Å²) < 4.78 is 0. The minimum Gasteiger partial charge on any atom is -0.389 e. The van der Waals surface area contributed by atoms with Gasteiger partial charge in [0.15, 0.2) is 0 Å². The highest BCUT2D eigenvalue weighted by molar-refractivity contribution is 5.12. The van der Waals surface area contributed by atoms with Crippen molar-refractivity contribution < 1.29 is 5.11 Å². The van der Waals surface area contributed by atoms with E-state index in [1.165, 1.54) is 25.7 Å². The van der Waals surface area contributed by atoms with Gasteiger partial charge in [0, 0.05) is 0 Å². The Hall–Kier alpha value is -0.550. The van der Waals surface area contributed by atoms with Crippen molar-refractivity contribution in [1.82, 2.24) is 0 Å². The lowest BCUT2D eigenvalue weighted by Crippen LogP contribution is -2.49. The molecule has 2 rings (SSSR count). The third kappa shape index (κ3) is 2.43. The highest BCUT2D eigenvalue weighted by Gasteiger charge is 2.50. The van der Waals surface area contributed by atoms with Gasteiger partial charge in [-0.1, -0.05) is 32.6 Å². The molecule has 0 radical (unpaired) electrons. The molecule has 0 aromatic rings. The maximum atomic E-state index is 10.9. The smallest absolute Gasteiger partial charge is 0.0857 e. The zero-order valence-electron chi connectivity index (χ0n) is 11.9. The van der Waals surface area contributed by atoms with E-state index in [1.807, 2.05) is 6.92 Å². The maximum Gasteiger partial charge on any atom is 0.0857 e. The molecule has 0 aliphatic heterocycles. The van der Waals surface area contributed by atoms with E-state index in [0.717, 1.165) is 38.0 Å². The van der Waals surface area contributed by atoms with Crippen LogP contribution < -0.4 is 0 Å². The van der Waals surface area contributed by atoms with Crippen molar-refractivity contribution in [2.75, 3.05) is 0 Å². The van der Waals surface area contributed by atoms with E-state index < -0.39 is 11.0 Å². The Kier molecular flexibility index (Phi) is 4.02. The van der Waals surface area contributed by atoms with Crippen LogP contribution in [-0.2, 0) is 0 Å². The summed E-state index contributed by atoms with van der Waals surface area (Å²) in [4.78, 5) is 0. The van der Waals surface area contributed by atoms with Crippen LogP contribution in [0.5, 0.6) is 0 Å². The molecule has 0 aromatic heterocycles. The molecule has 2 saturated carbocycles. The summed E-state index contributed by atoms with van der Waals surface area (Å²) in [5, 5.41) is 20.5. The van der Waals surface area contributed by atoms with Crippen LogP contribution in [0.25, 0.3) is 0 Å². The van der Waals surface area contributed by atoms with E-state index >= 15 is 0 Å². The molecule has 2 fully saturated rings. The molecule has 1 unspecified atom stereocenters. The van der Waals surface area contributed by atoms with Gasteiger partial charge in [0.05, 0.1) is 17.1 Å². The second-order valence-corrected chi connectivity index (χ2v) is 6.82. The highest BCUT2D eigenvalue weighted by atomic mass is 16.3. The molecular weight excluding hydrogens is 222 g/mol. The topological polar surface area (TPSA) is 44.0 Å². The quantitative estimate of drug-likeness (QED) is 0.817. The average Bonchev–Trinajstić information content (AvgIpc) is 2.34. The second kappa shape index (κ2) is 5.21. The van der Waals surface area contributed by atoms with Gasteiger partial charge in [0.25, 0.3) is 0 Å². The largest absolute Gasteiger partial charge is 0.389 e. The van der Waals surface area contributed by atoms with Crippen molar-refractivity contribution >= 4 is 0 Å². The number of hydrogen-bond acceptors (Lipinski definition) is 2. The van der Waals surface area contributed by atoms with E-state index in [0.29, 0.717) is 5.92 Å². The van der Waals surface area contributed by atoms with E-state index in [1.54, 1.807) is 0 Å². The van der Waals surface area contributed by atoms with Gasteiger partial charge in [-0.05, 0) is 50.9 Å². The summed E-state index contributed by atoms with van der Waals surface area (Å²) in [5.41, 5.74) is -1.26. The van der Waals surface area contributed by atoms with Crippen LogP contribution in [0.4, 0.5) is 0 Å². The molecule has 2 nitrogen and oxygen atoms in total. The first-order valence-electron chi connectivity index (χ1n) is 7.66. The Morgan fingerprint density at radius 2 is 1.83 bits per heavy atom. The zero-order chi connectivity index (χ0) is 13.2. The minimum absolute atomic E-state index is 0.478. The van der Waals surface area contributed by atoms with E-state index in [2.05, 4.69) is 13.0 Å². The summed E-state index contributed by atoms with van der Waals surface area (Å²) in [7, 11) is 0. The molecule has 18 heavy (non-hydrogen) atoms. The maximum absolute atomic E-state index is 10.9. The number of nitrogens with zero attached hydrogens (tertiary/aromatic N) is 1. The summed E-state index contributed by atoms with van der Waals surface area (Å²) in [6.07, 6.45) is 9.85. The fraction of sp³-hybridized carbons (Fsp3) is 0.938. The van der Waals surface area contributed by atoms with Gasteiger partial charge in [-0.15, -0.1) is 0 Å². The Balaban J connectivity index is 2.04. The first-order chi connectivity index (χ1) is 8.53. The normalized spacial score (nSPS) is 36.4. The third-order valence-corrected chi connectivity index (χ3v) is 5.69. The third-order valence-electron chi connectivity index (χ3n) is 5.69. The van der Waals surface area contributed by atoms with Crippen LogP contribution in [0, 0.1) is 28.6 Å². The molecule has 2 heteroatoms. The number of rotatable bonds is 4. The van der Waals surface area contributed by atoms with Crippen molar-refractivity contribution in [2.24, 2.45) is 17.3 Å². The van der Waals surface area contributed by atoms with Crippen LogP contribution in [0.15, 0.2) is 0 Å². The van der Waals surface area contributed by atoms with E-state index in [4.69, 9.17) is 0 Å². The molecule has 0 bridgehead atoms. The van der Waals surface area contributed by atoms with Crippen molar-refractivity contribution in [3.05, 3.63) is 0 Å². The van der Waals surface area contributed by atoms with Crippen LogP contribution in [-0.4, -0.2) is 10.7 Å². The van der Waals surface area contributed by atoms with E-state index in [-0.39, 0.29) is 0 Å². The molecule has 2 aliphatic rings. The van der Waals surface area contributed by atoms with Crippen molar-refractivity contribution in [3.63, 3.8) is 0 Å². The Labute approximate surface area is 111 Å². The summed E-state index contributed by atoms with van der Waals surface area (Å²) >= 11 is 0. The lowest BCUT2D eigenvalue weighted by atomic mass is 9.59. The molecule has 1 atom stereocenters. The molecular formula is C16H27NO. The molecule has 0 spiro atoms. The standard InChI is InChI=1S/C16H27NO/c1-3-13-7-9-16(12-17,10-8-13)15(2,18)11-14-5-4-6-14/h13-14,18H,3-11H2,1-2H3. The first-order valence-corrected chi connectivity index (χ1v) is 7.66. The molecule has 0 amide bonds. The lowest BCUT2D eigenvalue weighted by Gasteiger charge is -2.47. The molecule has 0 heterocycles. The van der Waals surface area contributed by atoms with Crippen LogP contribution in [0.2, 0.25) is 0 Å². The van der Waals surface area contributed by atoms with E-state index in [9.17, 15) is 10.4 Å². The Morgan fingerprint density at radius 1 is 1.22 bits per heavy atom. The van der Waals surface area contributed by atoms with Crippen LogP contribution >= 0.6 is 0 Å². The predicted molar refractivity (Wildman–Crippen MR) is 72.9 cm³/mol. The van der Waals surface area contributed by atoms with Crippen LogP contribution in [0.1, 0.15) is 71.6 Å². The molecule has 102 valence electrons. The minimum atomic E-state index is -0.786. The lowest BCUT2D eigenvalue weighted by molar-refractivity contribution is -0.0858. The summed E-state index contributed by atoms with van der Waals surface area (Å²) in [6.45, 7) is 4.15. The number of nitriles is 1. The van der Waals surface area contributed by atoms with Gasteiger partial charge < -0.3 is 5.11 Å². The fourth-order valence-corrected chi connectivity index (χ4v) is 3.80. The molecule has 1 N–H and O–H groups in total. The van der Waals surface area contributed by atoms with Gasteiger partial charge >= 0.3 is 0 Å². The predicted octanol–water partition coefficient (Wildman–Crippen LogP) is 4.04. The Morgan fingerprint density at radius 3 is 2.22 bits per heavy atom. The number of aliphatic hydroxyl groups is 1. The van der Waals surface area contributed by atoms with Crippen molar-refractivity contribution in [3.8, 4) is 6.07 Å². The van der Waals surface area contributed by atoms with Crippen molar-refractivity contribution in [1.29, 1.82) is 5.26 Å². The monoisotopic (exact) mass is 249 g/mol. The van der Waals surface area contributed by atoms with Gasteiger partial charge in [0.2, 0.25) is 0 Å². The second-order valence-electron chi connectivity index (χ2n) is 6.82. The fourth-order valence-electron chi connectivity index (χ4n) is 3.80. The summed E-state index contributed by atoms with van der Waals surface area (Å²) in [5.74, 6) is 1.43.